The average molecular weight is 281 g/mol. The number of hydrogen-bond donors (Lipinski definition) is 2. The predicted octanol–water partition coefficient (Wildman–Crippen LogP) is 1.61. The molecule has 4 heteroatoms. The zero-order chi connectivity index (χ0) is 14.8. The highest BCUT2D eigenvalue weighted by Crippen LogP contribution is 2.26. The molecule has 0 aromatic heterocycles. The van der Waals surface area contributed by atoms with Gasteiger partial charge in [0.2, 0.25) is 5.91 Å². The molecule has 0 aromatic rings. The van der Waals surface area contributed by atoms with Crippen molar-refractivity contribution in [2.45, 2.75) is 58.5 Å². The first-order valence-corrected chi connectivity index (χ1v) is 8.14. The average Bonchev–Trinajstić information content (AvgIpc) is 2.88. The van der Waals surface area contributed by atoms with E-state index in [-0.39, 0.29) is 17.5 Å². The lowest BCUT2D eigenvalue weighted by atomic mass is 9.88. The van der Waals surface area contributed by atoms with E-state index in [4.69, 9.17) is 0 Å². The molecule has 4 nitrogen and oxygen atoms in total. The number of nitrogens with one attached hydrogen (secondary N) is 2. The molecule has 0 spiro atoms. The largest absolute Gasteiger partial charge is 0.353 e. The smallest absolute Gasteiger partial charge is 0.237 e. The highest BCUT2D eigenvalue weighted by molar-refractivity contribution is 5.82. The molecule has 2 saturated heterocycles. The fourth-order valence-electron chi connectivity index (χ4n) is 3.60. The van der Waals surface area contributed by atoms with Gasteiger partial charge in [-0.15, -0.1) is 0 Å². The number of likely N-dealkylation sites (tertiary alicyclic amines) is 1. The summed E-state index contributed by atoms with van der Waals surface area (Å²) in [7, 11) is 0. The second-order valence-electron chi connectivity index (χ2n) is 7.53. The van der Waals surface area contributed by atoms with Crippen LogP contribution in [0.1, 0.15) is 47.0 Å². The van der Waals surface area contributed by atoms with Gasteiger partial charge in [0.15, 0.2) is 0 Å². The number of hydrogen-bond acceptors (Lipinski definition) is 3. The number of amides is 1. The van der Waals surface area contributed by atoms with Crippen LogP contribution >= 0.6 is 0 Å². The summed E-state index contributed by atoms with van der Waals surface area (Å²) in [5, 5.41) is 6.41. The van der Waals surface area contributed by atoms with E-state index in [1.807, 2.05) is 0 Å². The van der Waals surface area contributed by atoms with Gasteiger partial charge in [-0.1, -0.05) is 13.8 Å². The number of piperidine rings is 1. The molecule has 2 aliphatic rings. The van der Waals surface area contributed by atoms with E-state index in [0.717, 1.165) is 50.9 Å². The van der Waals surface area contributed by atoms with Crippen LogP contribution < -0.4 is 10.6 Å². The normalized spacial score (nSPS) is 32.3. The predicted molar refractivity (Wildman–Crippen MR) is 82.6 cm³/mol. The van der Waals surface area contributed by atoms with E-state index in [1.165, 1.54) is 6.42 Å². The van der Waals surface area contributed by atoms with Crippen LogP contribution in [0.15, 0.2) is 0 Å². The third-order valence-electron chi connectivity index (χ3n) is 4.80. The second kappa shape index (κ2) is 6.44. The summed E-state index contributed by atoms with van der Waals surface area (Å²) in [4.78, 5) is 14.7. The number of rotatable bonds is 4. The fraction of sp³-hybridized carbons (Fsp3) is 0.938. The zero-order valence-corrected chi connectivity index (χ0v) is 13.5. The Morgan fingerprint density at radius 2 is 1.95 bits per heavy atom. The summed E-state index contributed by atoms with van der Waals surface area (Å²) in [5.41, 5.74) is 0.0389. The molecular weight excluding hydrogens is 250 g/mol. The van der Waals surface area contributed by atoms with E-state index in [1.54, 1.807) is 0 Å². The van der Waals surface area contributed by atoms with Gasteiger partial charge in [0.1, 0.15) is 0 Å². The van der Waals surface area contributed by atoms with Crippen molar-refractivity contribution in [2.24, 2.45) is 11.8 Å². The Balaban J connectivity index is 1.84. The number of carbonyl (C=O) groups excluding carboxylic acids is 1. The molecule has 0 aliphatic carbocycles. The van der Waals surface area contributed by atoms with E-state index in [9.17, 15) is 4.79 Å². The third kappa shape index (κ3) is 3.95. The van der Waals surface area contributed by atoms with Crippen LogP contribution in [0.25, 0.3) is 0 Å². The van der Waals surface area contributed by atoms with Crippen molar-refractivity contribution < 1.29 is 4.79 Å². The van der Waals surface area contributed by atoms with Crippen molar-refractivity contribution in [1.82, 2.24) is 15.5 Å². The van der Waals surface area contributed by atoms with Gasteiger partial charge in [-0.05, 0) is 51.5 Å². The molecule has 2 fully saturated rings. The van der Waals surface area contributed by atoms with Crippen LogP contribution in [0.5, 0.6) is 0 Å². The van der Waals surface area contributed by atoms with Crippen LogP contribution in [0.3, 0.4) is 0 Å². The van der Waals surface area contributed by atoms with Gasteiger partial charge in [-0.3, -0.25) is 9.69 Å². The van der Waals surface area contributed by atoms with Crippen molar-refractivity contribution >= 4 is 5.91 Å². The van der Waals surface area contributed by atoms with Gasteiger partial charge >= 0.3 is 0 Å². The summed E-state index contributed by atoms with van der Waals surface area (Å²) in [5.74, 6) is 1.68. The highest BCUT2D eigenvalue weighted by Gasteiger charge is 2.33. The molecule has 2 rings (SSSR count). The lowest BCUT2D eigenvalue weighted by Crippen LogP contribution is -2.57. The molecule has 0 radical (unpaired) electrons. The van der Waals surface area contributed by atoms with Crippen molar-refractivity contribution in [2.75, 3.05) is 26.2 Å². The highest BCUT2D eigenvalue weighted by atomic mass is 16.2. The minimum atomic E-state index is 0.0324. The molecule has 0 aromatic carbocycles. The Morgan fingerprint density at radius 1 is 1.30 bits per heavy atom. The lowest BCUT2D eigenvalue weighted by Gasteiger charge is -2.45. The summed E-state index contributed by atoms with van der Waals surface area (Å²) >= 11 is 0. The van der Waals surface area contributed by atoms with Gasteiger partial charge in [0, 0.05) is 25.2 Å². The Kier molecular flexibility index (Phi) is 5.08. The van der Waals surface area contributed by atoms with Crippen LogP contribution in [0.2, 0.25) is 0 Å². The minimum absolute atomic E-state index is 0.0324. The first-order chi connectivity index (χ1) is 9.38. The number of carbonyl (C=O) groups is 1. The molecular formula is C16H31N3O. The van der Waals surface area contributed by atoms with E-state index >= 15 is 0 Å². The number of nitrogens with zero attached hydrogens (tertiary/aromatic N) is 1. The molecule has 2 N–H and O–H groups in total. The second-order valence-corrected chi connectivity index (χ2v) is 7.53. The van der Waals surface area contributed by atoms with Crippen LogP contribution in [0.4, 0.5) is 0 Å². The monoisotopic (exact) mass is 281 g/mol. The molecule has 2 heterocycles. The van der Waals surface area contributed by atoms with Crippen molar-refractivity contribution in [3.05, 3.63) is 0 Å². The molecule has 3 unspecified atom stereocenters. The lowest BCUT2D eigenvalue weighted by molar-refractivity contribution is -0.123. The Hall–Kier alpha value is -0.610. The van der Waals surface area contributed by atoms with Crippen LogP contribution in [0, 0.1) is 11.8 Å². The maximum Gasteiger partial charge on any atom is 0.237 e. The van der Waals surface area contributed by atoms with Crippen LogP contribution in [-0.2, 0) is 4.79 Å². The standard InChI is InChI=1S/C16H31N3O/c1-12-8-13(2)10-19(9-12)16(3,4)11-18-15(20)14-6-5-7-17-14/h12-14,17H,5-11H2,1-4H3,(H,18,20). The zero-order valence-electron chi connectivity index (χ0n) is 13.5. The quantitative estimate of drug-likeness (QED) is 0.823. The van der Waals surface area contributed by atoms with Crippen LogP contribution in [-0.4, -0.2) is 48.6 Å². The minimum Gasteiger partial charge on any atom is -0.353 e. The third-order valence-corrected chi connectivity index (χ3v) is 4.80. The van der Waals surface area contributed by atoms with Gasteiger partial charge in [-0.2, -0.15) is 0 Å². The molecule has 1 amide bonds. The first-order valence-electron chi connectivity index (χ1n) is 8.14. The summed E-state index contributed by atoms with van der Waals surface area (Å²) < 4.78 is 0. The first kappa shape index (κ1) is 15.8. The topological polar surface area (TPSA) is 44.4 Å². The van der Waals surface area contributed by atoms with Crippen molar-refractivity contribution in [1.29, 1.82) is 0 Å². The molecule has 2 aliphatic heterocycles. The van der Waals surface area contributed by atoms with Gasteiger partial charge in [0.05, 0.1) is 6.04 Å². The Morgan fingerprint density at radius 3 is 2.50 bits per heavy atom. The molecule has 20 heavy (non-hydrogen) atoms. The Labute approximate surface area is 123 Å². The SMILES string of the molecule is CC1CC(C)CN(C(C)(C)CNC(=O)C2CCCN2)C1. The van der Waals surface area contributed by atoms with Crippen molar-refractivity contribution in [3.8, 4) is 0 Å². The summed E-state index contributed by atoms with van der Waals surface area (Å²) in [6.07, 6.45) is 3.41. The van der Waals surface area contributed by atoms with Gasteiger partial charge < -0.3 is 10.6 Å². The van der Waals surface area contributed by atoms with Gasteiger partial charge in [0.25, 0.3) is 0 Å². The summed E-state index contributed by atoms with van der Waals surface area (Å²) in [6, 6.07) is 0.0324. The molecule has 116 valence electrons. The van der Waals surface area contributed by atoms with E-state index in [0.29, 0.717) is 0 Å². The maximum atomic E-state index is 12.1. The summed E-state index contributed by atoms with van der Waals surface area (Å²) in [6.45, 7) is 13.2. The van der Waals surface area contributed by atoms with E-state index < -0.39 is 0 Å². The van der Waals surface area contributed by atoms with Crippen molar-refractivity contribution in [3.63, 3.8) is 0 Å². The van der Waals surface area contributed by atoms with E-state index in [2.05, 4.69) is 43.2 Å². The fourth-order valence-corrected chi connectivity index (χ4v) is 3.60. The molecule has 3 atom stereocenters. The maximum absolute atomic E-state index is 12.1. The van der Waals surface area contributed by atoms with Gasteiger partial charge in [-0.25, -0.2) is 0 Å². The Bertz CT molecular complexity index is 327. The molecule has 0 saturated carbocycles. The molecule has 0 bridgehead atoms.